The molecule has 1 N–H and O–H groups in total. The van der Waals surface area contributed by atoms with Gasteiger partial charge in [-0.1, -0.05) is 0 Å². The van der Waals surface area contributed by atoms with Crippen molar-refractivity contribution < 1.29 is 14.3 Å². The Hall–Kier alpha value is -2.20. The summed E-state index contributed by atoms with van der Waals surface area (Å²) < 4.78 is 6.60. The van der Waals surface area contributed by atoms with Crippen LogP contribution >= 0.6 is 0 Å². The molecule has 0 saturated heterocycles. The average molecular weight is 290 g/mol. The average Bonchev–Trinajstić information content (AvgIpc) is 2.92. The summed E-state index contributed by atoms with van der Waals surface area (Å²) in [6.07, 6.45) is 4.24. The van der Waals surface area contributed by atoms with E-state index in [4.69, 9.17) is 10.00 Å². The largest absolute Gasteiger partial charge is 0.383 e. The van der Waals surface area contributed by atoms with Crippen molar-refractivity contribution in [2.24, 2.45) is 5.92 Å². The molecule has 2 rings (SSSR count). The number of carbonyl (C=O) groups excluding carboxylic acids is 2. The number of fused-ring (bicyclic) bond motifs is 1. The van der Waals surface area contributed by atoms with Crippen LogP contribution in [-0.2, 0) is 22.5 Å². The highest BCUT2D eigenvalue weighted by atomic mass is 16.5. The number of nitrogens with zero attached hydrogens (tertiary/aromatic N) is 3. The third-order valence-corrected chi connectivity index (χ3v) is 3.51. The number of Topliss-reactive ketones (excluding diaryl/α,β-unsaturated/α-hetero) is 1. The normalized spacial score (nSPS) is 14.9. The van der Waals surface area contributed by atoms with E-state index >= 15 is 0 Å². The van der Waals surface area contributed by atoms with Crippen LogP contribution < -0.4 is 5.32 Å². The van der Waals surface area contributed by atoms with E-state index in [1.54, 1.807) is 10.8 Å². The molecule has 1 aliphatic heterocycles. The molecular weight excluding hydrogens is 272 g/mol. The molecule has 7 nitrogen and oxygen atoms in total. The van der Waals surface area contributed by atoms with Crippen LogP contribution in [0.2, 0.25) is 0 Å². The Bertz CT molecular complexity index is 573. The van der Waals surface area contributed by atoms with E-state index in [-0.39, 0.29) is 6.54 Å². The summed E-state index contributed by atoms with van der Waals surface area (Å²) in [6, 6.07) is 1.78. The van der Waals surface area contributed by atoms with Crippen LogP contribution in [0.4, 0.5) is 0 Å². The second-order valence-corrected chi connectivity index (χ2v) is 4.90. The topological polar surface area (TPSA) is 97.0 Å². The SMILES string of the molecule is COCCNC(=O)C(C#N)C(=O)c1cnn2c1CCCC2. The van der Waals surface area contributed by atoms with Crippen molar-refractivity contribution in [3.8, 4) is 6.07 Å². The number of nitriles is 1. The van der Waals surface area contributed by atoms with Gasteiger partial charge in [0.2, 0.25) is 5.91 Å². The Morgan fingerprint density at radius 2 is 2.38 bits per heavy atom. The second-order valence-electron chi connectivity index (χ2n) is 4.90. The van der Waals surface area contributed by atoms with Gasteiger partial charge in [-0.15, -0.1) is 0 Å². The monoisotopic (exact) mass is 290 g/mol. The third kappa shape index (κ3) is 3.28. The lowest BCUT2D eigenvalue weighted by molar-refractivity contribution is -0.122. The third-order valence-electron chi connectivity index (χ3n) is 3.51. The van der Waals surface area contributed by atoms with Crippen molar-refractivity contribution >= 4 is 11.7 Å². The maximum Gasteiger partial charge on any atom is 0.245 e. The zero-order valence-electron chi connectivity index (χ0n) is 12.0. The molecule has 2 heterocycles. The molecule has 1 amide bonds. The number of nitrogens with one attached hydrogen (secondary N) is 1. The number of rotatable bonds is 6. The fourth-order valence-corrected chi connectivity index (χ4v) is 2.40. The molecule has 21 heavy (non-hydrogen) atoms. The summed E-state index contributed by atoms with van der Waals surface area (Å²) in [6.45, 7) is 1.38. The zero-order chi connectivity index (χ0) is 15.2. The molecule has 1 aliphatic rings. The fourth-order valence-electron chi connectivity index (χ4n) is 2.40. The van der Waals surface area contributed by atoms with Crippen molar-refractivity contribution in [1.82, 2.24) is 15.1 Å². The van der Waals surface area contributed by atoms with Gasteiger partial charge in [-0.25, -0.2) is 0 Å². The molecule has 1 atom stereocenters. The van der Waals surface area contributed by atoms with Gasteiger partial charge in [0.05, 0.1) is 24.4 Å². The van der Waals surface area contributed by atoms with E-state index in [2.05, 4.69) is 10.4 Å². The summed E-state index contributed by atoms with van der Waals surface area (Å²) >= 11 is 0. The Balaban J connectivity index is 2.12. The molecule has 0 spiro atoms. The van der Waals surface area contributed by atoms with Crippen LogP contribution in [0, 0.1) is 17.2 Å². The summed E-state index contributed by atoms with van der Waals surface area (Å²) in [7, 11) is 1.51. The van der Waals surface area contributed by atoms with Gasteiger partial charge in [0.15, 0.2) is 11.7 Å². The summed E-state index contributed by atoms with van der Waals surface area (Å²) in [5.74, 6) is -2.40. The predicted molar refractivity (Wildman–Crippen MR) is 73.5 cm³/mol. The Labute approximate surface area is 122 Å². The number of methoxy groups -OCH3 is 1. The number of carbonyl (C=O) groups is 2. The molecule has 0 saturated carbocycles. The van der Waals surface area contributed by atoms with Crippen LogP contribution in [0.15, 0.2) is 6.20 Å². The van der Waals surface area contributed by atoms with Gasteiger partial charge in [-0.05, 0) is 19.3 Å². The molecule has 0 radical (unpaired) electrons. The van der Waals surface area contributed by atoms with E-state index in [0.717, 1.165) is 31.5 Å². The van der Waals surface area contributed by atoms with E-state index < -0.39 is 17.6 Å². The summed E-state index contributed by atoms with van der Waals surface area (Å²) in [4.78, 5) is 24.3. The molecule has 1 aromatic rings. The number of hydrogen-bond acceptors (Lipinski definition) is 5. The maximum absolute atomic E-state index is 12.4. The molecule has 0 aromatic carbocycles. The summed E-state index contributed by atoms with van der Waals surface area (Å²) in [5, 5.41) is 15.8. The van der Waals surface area contributed by atoms with Gasteiger partial charge < -0.3 is 10.1 Å². The van der Waals surface area contributed by atoms with Gasteiger partial charge >= 0.3 is 0 Å². The Kier molecular flexibility index (Phi) is 5.06. The molecule has 112 valence electrons. The number of amides is 1. The van der Waals surface area contributed by atoms with Crippen molar-refractivity contribution in [3.05, 3.63) is 17.5 Å². The molecular formula is C14H18N4O3. The first-order valence-electron chi connectivity index (χ1n) is 6.94. The van der Waals surface area contributed by atoms with Crippen molar-refractivity contribution in [1.29, 1.82) is 5.26 Å². The first kappa shape index (κ1) is 15.2. The first-order chi connectivity index (χ1) is 10.2. The zero-order valence-corrected chi connectivity index (χ0v) is 12.0. The fraction of sp³-hybridized carbons (Fsp3) is 0.571. The number of aryl methyl sites for hydroxylation is 1. The lowest BCUT2D eigenvalue weighted by atomic mass is 9.96. The highest BCUT2D eigenvalue weighted by Crippen LogP contribution is 2.20. The maximum atomic E-state index is 12.4. The predicted octanol–water partition coefficient (Wildman–Crippen LogP) is 0.304. The van der Waals surface area contributed by atoms with Gasteiger partial charge in [-0.2, -0.15) is 10.4 Å². The minimum Gasteiger partial charge on any atom is -0.383 e. The lowest BCUT2D eigenvalue weighted by Gasteiger charge is -2.15. The minimum atomic E-state index is -1.34. The number of aromatic nitrogens is 2. The Morgan fingerprint density at radius 3 is 3.10 bits per heavy atom. The van der Waals surface area contributed by atoms with Crippen molar-refractivity contribution in [2.75, 3.05) is 20.3 Å². The standard InChI is InChI=1S/C14H18N4O3/c1-21-7-5-16-14(20)10(8-15)13(19)11-9-17-18-6-3-2-4-12(11)18/h9-10H,2-7H2,1H3,(H,16,20). The first-order valence-corrected chi connectivity index (χ1v) is 6.94. The molecule has 0 fully saturated rings. The number of hydrogen-bond donors (Lipinski definition) is 1. The quantitative estimate of drug-likeness (QED) is 0.462. The Morgan fingerprint density at radius 1 is 1.57 bits per heavy atom. The van der Waals surface area contributed by atoms with Gasteiger partial charge in [0.1, 0.15) is 0 Å². The molecule has 1 unspecified atom stereocenters. The second kappa shape index (κ2) is 6.99. The highest BCUT2D eigenvalue weighted by Gasteiger charge is 2.31. The van der Waals surface area contributed by atoms with E-state index in [0.29, 0.717) is 12.2 Å². The highest BCUT2D eigenvalue weighted by molar-refractivity contribution is 6.12. The minimum absolute atomic E-state index is 0.271. The van der Waals surface area contributed by atoms with Crippen LogP contribution in [0.3, 0.4) is 0 Å². The van der Waals surface area contributed by atoms with Crippen LogP contribution in [0.5, 0.6) is 0 Å². The van der Waals surface area contributed by atoms with E-state index in [1.807, 2.05) is 0 Å². The lowest BCUT2D eigenvalue weighted by Crippen LogP contribution is -2.36. The smallest absolute Gasteiger partial charge is 0.245 e. The number of ether oxygens (including phenoxy) is 1. The van der Waals surface area contributed by atoms with Gasteiger partial charge in [0.25, 0.3) is 0 Å². The number of ketones is 1. The summed E-state index contributed by atoms with van der Waals surface area (Å²) in [5.41, 5.74) is 1.22. The van der Waals surface area contributed by atoms with E-state index in [9.17, 15) is 9.59 Å². The van der Waals surface area contributed by atoms with Crippen LogP contribution in [0.1, 0.15) is 28.9 Å². The van der Waals surface area contributed by atoms with Gasteiger partial charge in [0, 0.05) is 25.9 Å². The molecule has 0 bridgehead atoms. The van der Waals surface area contributed by atoms with Crippen LogP contribution in [0.25, 0.3) is 0 Å². The molecule has 1 aromatic heterocycles. The van der Waals surface area contributed by atoms with Crippen molar-refractivity contribution in [3.63, 3.8) is 0 Å². The van der Waals surface area contributed by atoms with E-state index in [1.165, 1.54) is 13.3 Å². The molecule has 0 aliphatic carbocycles. The van der Waals surface area contributed by atoms with Crippen LogP contribution in [-0.4, -0.2) is 41.7 Å². The van der Waals surface area contributed by atoms with Crippen molar-refractivity contribution in [2.45, 2.75) is 25.8 Å². The molecule has 7 heteroatoms. The van der Waals surface area contributed by atoms with Gasteiger partial charge in [-0.3, -0.25) is 14.3 Å².